The molecule has 0 aromatic heterocycles. The molecular weight excluding hydrogens is 1040 g/mol. The maximum atomic E-state index is 13.6. The van der Waals surface area contributed by atoms with Crippen LogP contribution in [0.3, 0.4) is 0 Å². The van der Waals surface area contributed by atoms with E-state index >= 15 is 0 Å². The minimum Gasteiger partial charge on any atom is -0.394 e. The number of carbonyl (C=O) groups is 3. The van der Waals surface area contributed by atoms with Crippen molar-refractivity contribution in [2.45, 2.75) is 308 Å². The summed E-state index contributed by atoms with van der Waals surface area (Å²) in [5.41, 5.74) is -5.06. The average molecular weight is 1180 g/mol. The Labute approximate surface area is 497 Å². The molecule has 0 aliphatic carbocycles. The fraction of sp³-hybridized carbons (Fsp3) is 0.953. The summed E-state index contributed by atoms with van der Waals surface area (Å²) in [4.78, 5) is 40.9. The molecule has 0 atom stereocenters. The number of amides is 3. The van der Waals surface area contributed by atoms with Gasteiger partial charge in [0.2, 0.25) is 17.7 Å². The molecule has 0 aromatic carbocycles. The van der Waals surface area contributed by atoms with Gasteiger partial charge in [-0.3, -0.25) is 14.4 Å². The van der Waals surface area contributed by atoms with Crippen molar-refractivity contribution in [2.24, 2.45) is 0 Å². The molecule has 0 aliphatic heterocycles. The predicted molar refractivity (Wildman–Crippen MR) is 333 cm³/mol. The zero-order chi connectivity index (χ0) is 60.2. The fourth-order valence-corrected chi connectivity index (χ4v) is 13.3. The van der Waals surface area contributed by atoms with E-state index in [1.54, 1.807) is 0 Å². The van der Waals surface area contributed by atoms with E-state index in [2.05, 4.69) is 57.6 Å². The molecule has 17 heteroatoms. The van der Waals surface area contributed by atoms with Crippen LogP contribution in [0, 0.1) is 0 Å². The van der Waals surface area contributed by atoms with Gasteiger partial charge in [0.05, 0.1) is 86.1 Å². The summed E-state index contributed by atoms with van der Waals surface area (Å²) in [6.45, 7) is 8.05. The molecule has 0 heterocycles. The standard InChI is InChI=1S/C64H130N4O12Si/c1-7-12-17-22-25-28-31-34-37-43-59(75)65-62(50-69,51-70)56-78-81(49-42-48-68(6,46-40-20-15-10-4)47-41-21-16-11-5,79-57-63(52-71,53-72)66-60(76)44-38-35-32-29-26-23-18-13-8-2)80-58-64(54-73,55-74)67-61(77)45-39-36-33-30-27-24-19-14-9-3/h69-74H,7-58H2,1-6H3,(H2-,65,66,67,75,76,77)/p+1. The Morgan fingerprint density at radius 3 is 0.778 bits per heavy atom. The second-order valence-electron chi connectivity index (χ2n) is 24.7. The summed E-state index contributed by atoms with van der Waals surface area (Å²) in [7, 11) is -2.08. The third kappa shape index (κ3) is 39.5. The lowest BCUT2D eigenvalue weighted by Crippen LogP contribution is -2.65. The highest BCUT2D eigenvalue weighted by atomic mass is 28.4. The number of aliphatic hydroxyl groups excluding tert-OH is 6. The molecule has 0 spiro atoms. The van der Waals surface area contributed by atoms with Crippen molar-refractivity contribution in [3.63, 3.8) is 0 Å². The van der Waals surface area contributed by atoms with Gasteiger partial charge in [-0.05, 0) is 44.9 Å². The number of hydrogen-bond acceptors (Lipinski definition) is 12. The molecule has 9 N–H and O–H groups in total. The van der Waals surface area contributed by atoms with Crippen molar-refractivity contribution in [1.82, 2.24) is 16.0 Å². The summed E-state index contributed by atoms with van der Waals surface area (Å²) in [6.07, 6.45) is 39.0. The van der Waals surface area contributed by atoms with E-state index in [1.807, 2.05) is 0 Å². The first-order valence-electron chi connectivity index (χ1n) is 33.5. The van der Waals surface area contributed by atoms with Crippen LogP contribution in [0.4, 0.5) is 0 Å². The van der Waals surface area contributed by atoms with Crippen molar-refractivity contribution in [3.8, 4) is 0 Å². The molecule has 0 bridgehead atoms. The smallest absolute Gasteiger partial charge is 0.394 e. The molecule has 0 saturated heterocycles. The lowest BCUT2D eigenvalue weighted by Gasteiger charge is -2.41. The van der Waals surface area contributed by atoms with Crippen LogP contribution in [0.5, 0.6) is 0 Å². The van der Waals surface area contributed by atoms with E-state index in [-0.39, 0.29) is 43.0 Å². The quantitative estimate of drug-likeness (QED) is 0.0157. The summed E-state index contributed by atoms with van der Waals surface area (Å²) in [5, 5.41) is 74.7. The zero-order valence-corrected chi connectivity index (χ0v) is 54.3. The van der Waals surface area contributed by atoms with Crippen LogP contribution in [0.25, 0.3) is 0 Å². The first-order chi connectivity index (χ1) is 39.2. The zero-order valence-electron chi connectivity index (χ0n) is 53.3. The Balaban J connectivity index is 7.15. The number of unbranched alkanes of at least 4 members (excludes halogenated alkanes) is 30. The number of hydrogen-bond donors (Lipinski definition) is 9. The van der Waals surface area contributed by atoms with E-state index in [1.165, 1.54) is 96.3 Å². The molecule has 16 nitrogen and oxygen atoms in total. The predicted octanol–water partition coefficient (Wildman–Crippen LogP) is 11.3. The molecule has 81 heavy (non-hydrogen) atoms. The van der Waals surface area contributed by atoms with E-state index in [0.29, 0.717) is 32.2 Å². The highest BCUT2D eigenvalue weighted by molar-refractivity contribution is 6.60. The third-order valence-corrected chi connectivity index (χ3v) is 19.3. The number of quaternary nitrogens is 1. The van der Waals surface area contributed by atoms with E-state index in [0.717, 1.165) is 127 Å². The summed E-state index contributed by atoms with van der Waals surface area (Å²) in [6, 6.07) is 0.128. The Morgan fingerprint density at radius 2 is 0.543 bits per heavy atom. The summed E-state index contributed by atoms with van der Waals surface area (Å²) >= 11 is 0. The molecule has 0 rings (SSSR count). The summed E-state index contributed by atoms with van der Waals surface area (Å²) in [5.74, 6) is -1.08. The van der Waals surface area contributed by atoms with Crippen LogP contribution in [0.15, 0.2) is 0 Å². The van der Waals surface area contributed by atoms with Crippen LogP contribution in [0.2, 0.25) is 6.04 Å². The van der Waals surface area contributed by atoms with Crippen LogP contribution in [-0.4, -0.2) is 164 Å². The van der Waals surface area contributed by atoms with Gasteiger partial charge >= 0.3 is 8.80 Å². The van der Waals surface area contributed by atoms with Crippen molar-refractivity contribution < 1.29 is 62.8 Å². The van der Waals surface area contributed by atoms with E-state index < -0.39 is 84.9 Å². The fourth-order valence-electron chi connectivity index (χ4n) is 10.6. The number of carbonyl (C=O) groups excluding carboxylic acids is 3. The van der Waals surface area contributed by atoms with Gasteiger partial charge in [-0.2, -0.15) is 0 Å². The maximum Gasteiger partial charge on any atom is 0.501 e. The third-order valence-electron chi connectivity index (χ3n) is 16.5. The van der Waals surface area contributed by atoms with Gasteiger partial charge in [-0.25, -0.2) is 0 Å². The molecule has 0 radical (unpaired) electrons. The number of nitrogens with zero attached hydrogens (tertiary/aromatic N) is 1. The Morgan fingerprint density at radius 1 is 0.333 bits per heavy atom. The van der Waals surface area contributed by atoms with E-state index in [9.17, 15) is 45.0 Å². The molecule has 3 amide bonds. The van der Waals surface area contributed by atoms with Crippen LogP contribution < -0.4 is 16.0 Å². The molecular formula is C64H131N4O12Si+. The first-order valence-corrected chi connectivity index (χ1v) is 35.4. The Bertz CT molecular complexity index is 1320. The van der Waals surface area contributed by atoms with Crippen molar-refractivity contribution >= 4 is 26.5 Å². The molecule has 0 fully saturated rings. The van der Waals surface area contributed by atoms with Gasteiger partial charge in [0, 0.05) is 31.7 Å². The monoisotopic (exact) mass is 1180 g/mol. The molecule has 0 unspecified atom stereocenters. The Kier molecular flexibility index (Phi) is 50.3. The van der Waals surface area contributed by atoms with Crippen molar-refractivity contribution in [2.75, 3.05) is 86.1 Å². The van der Waals surface area contributed by atoms with Gasteiger partial charge in [-0.15, -0.1) is 0 Å². The number of rotatable bonds is 62. The maximum absolute atomic E-state index is 13.6. The van der Waals surface area contributed by atoms with Crippen molar-refractivity contribution in [3.05, 3.63) is 0 Å². The van der Waals surface area contributed by atoms with E-state index in [4.69, 9.17) is 13.3 Å². The molecule has 0 aliphatic rings. The molecule has 0 aromatic rings. The second-order valence-corrected chi connectivity index (χ2v) is 27.5. The highest BCUT2D eigenvalue weighted by Crippen LogP contribution is 2.27. The highest BCUT2D eigenvalue weighted by Gasteiger charge is 2.49. The van der Waals surface area contributed by atoms with Crippen LogP contribution in [0.1, 0.15) is 285 Å². The van der Waals surface area contributed by atoms with Crippen LogP contribution in [-0.2, 0) is 27.7 Å². The van der Waals surface area contributed by atoms with Gasteiger partial charge in [0.25, 0.3) is 0 Å². The minimum absolute atomic E-state index is 0.128. The SMILES string of the molecule is CCCCCCCCCCCC(=O)NC(CO)(CO)CO[Si](CCC[N+](C)(CCCCCC)CCCCCC)(OCC(CO)(CO)NC(=O)CCCCCCCCCCC)OCC(CO)(CO)NC(=O)CCCCCCCCCCC. The minimum atomic E-state index is -4.35. The summed E-state index contributed by atoms with van der Waals surface area (Å²) < 4.78 is 21.4. The second kappa shape index (κ2) is 51.4. The number of aliphatic hydroxyl groups is 6. The topological polar surface area (TPSA) is 236 Å². The normalized spacial score (nSPS) is 12.6. The van der Waals surface area contributed by atoms with Gasteiger partial charge < -0.3 is 64.4 Å². The number of nitrogens with one attached hydrogen (secondary N) is 3. The van der Waals surface area contributed by atoms with Crippen LogP contribution >= 0.6 is 0 Å². The average Bonchev–Trinajstić information content (AvgIpc) is 3.48. The lowest BCUT2D eigenvalue weighted by molar-refractivity contribution is -0.910. The van der Waals surface area contributed by atoms with Gasteiger partial charge in [0.1, 0.15) is 16.6 Å². The molecule has 482 valence electrons. The van der Waals surface area contributed by atoms with Crippen molar-refractivity contribution in [1.29, 1.82) is 0 Å². The van der Waals surface area contributed by atoms with Gasteiger partial charge in [-0.1, -0.05) is 214 Å². The largest absolute Gasteiger partial charge is 0.501 e. The first kappa shape index (κ1) is 79.2. The Hall–Kier alpha value is -1.77. The molecule has 0 saturated carbocycles. The van der Waals surface area contributed by atoms with Gasteiger partial charge in [0.15, 0.2) is 0 Å². The lowest BCUT2D eigenvalue weighted by atomic mass is 10.0.